The van der Waals surface area contributed by atoms with Gasteiger partial charge in [-0.15, -0.1) is 0 Å². The van der Waals surface area contributed by atoms with Crippen molar-refractivity contribution >= 4 is 11.5 Å². The van der Waals surface area contributed by atoms with E-state index in [4.69, 9.17) is 10.6 Å². The largest absolute Gasteiger partial charge is 0.472 e. The number of hydrogen-bond acceptors (Lipinski definition) is 5. The van der Waals surface area contributed by atoms with Gasteiger partial charge in [0, 0.05) is 12.4 Å². The molecule has 0 spiro atoms. The van der Waals surface area contributed by atoms with Crippen molar-refractivity contribution in [2.24, 2.45) is 5.84 Å². The van der Waals surface area contributed by atoms with Gasteiger partial charge in [-0.25, -0.2) is 10.8 Å². The van der Waals surface area contributed by atoms with E-state index >= 15 is 0 Å². The van der Waals surface area contributed by atoms with Crippen LogP contribution in [0.5, 0.6) is 5.88 Å². The van der Waals surface area contributed by atoms with Gasteiger partial charge in [0.25, 0.3) is 5.88 Å². The first-order valence-electron chi connectivity index (χ1n) is 4.67. The number of hydrazine groups is 1. The van der Waals surface area contributed by atoms with Crippen molar-refractivity contribution in [2.75, 3.05) is 5.43 Å². The summed E-state index contributed by atoms with van der Waals surface area (Å²) in [6.45, 7) is 3.87. The van der Waals surface area contributed by atoms with Crippen LogP contribution in [-0.2, 0) is 0 Å². The van der Waals surface area contributed by atoms with E-state index in [0.717, 1.165) is 0 Å². The number of nitrogens with one attached hydrogen (secondary N) is 1. The second-order valence-corrected chi connectivity index (χ2v) is 3.40. The Bertz CT molecular complexity index is 464. The standard InChI is InChI=1S/C9H13N5O/c1-6(2)15-9-8-11-3-4-14(8)5-7(12-9)13-10/h3-6,13H,10H2,1-2H3. The van der Waals surface area contributed by atoms with E-state index < -0.39 is 0 Å². The molecule has 0 saturated carbocycles. The minimum Gasteiger partial charge on any atom is -0.472 e. The van der Waals surface area contributed by atoms with Crippen molar-refractivity contribution in [1.29, 1.82) is 0 Å². The van der Waals surface area contributed by atoms with Crippen molar-refractivity contribution in [3.8, 4) is 5.88 Å². The molecule has 0 atom stereocenters. The quantitative estimate of drug-likeness (QED) is 0.575. The second kappa shape index (κ2) is 3.74. The van der Waals surface area contributed by atoms with Gasteiger partial charge in [-0.1, -0.05) is 0 Å². The maximum Gasteiger partial charge on any atom is 0.260 e. The summed E-state index contributed by atoms with van der Waals surface area (Å²) in [6, 6.07) is 0. The smallest absolute Gasteiger partial charge is 0.260 e. The molecule has 0 fully saturated rings. The van der Waals surface area contributed by atoms with E-state index in [2.05, 4.69) is 15.4 Å². The van der Waals surface area contributed by atoms with Crippen LogP contribution in [0.25, 0.3) is 5.65 Å². The minimum absolute atomic E-state index is 0.0472. The number of rotatable bonds is 3. The molecular weight excluding hydrogens is 194 g/mol. The topological polar surface area (TPSA) is 77.5 Å². The van der Waals surface area contributed by atoms with E-state index in [1.165, 1.54) is 0 Å². The lowest BCUT2D eigenvalue weighted by Gasteiger charge is -2.10. The van der Waals surface area contributed by atoms with Gasteiger partial charge in [-0.3, -0.25) is 4.40 Å². The zero-order valence-electron chi connectivity index (χ0n) is 8.64. The van der Waals surface area contributed by atoms with Gasteiger partial charge in [0.05, 0.1) is 12.3 Å². The molecular formula is C9H13N5O. The predicted molar refractivity (Wildman–Crippen MR) is 56.6 cm³/mol. The summed E-state index contributed by atoms with van der Waals surface area (Å²) in [5.74, 6) is 6.32. The third kappa shape index (κ3) is 1.84. The van der Waals surface area contributed by atoms with Crippen molar-refractivity contribution in [2.45, 2.75) is 20.0 Å². The number of anilines is 1. The lowest BCUT2D eigenvalue weighted by Crippen LogP contribution is -2.13. The molecule has 2 rings (SSSR count). The molecule has 6 nitrogen and oxygen atoms in total. The van der Waals surface area contributed by atoms with Gasteiger partial charge in [0.1, 0.15) is 0 Å². The van der Waals surface area contributed by atoms with Crippen LogP contribution in [0, 0.1) is 0 Å². The summed E-state index contributed by atoms with van der Waals surface area (Å²) in [7, 11) is 0. The zero-order chi connectivity index (χ0) is 10.8. The van der Waals surface area contributed by atoms with Crippen LogP contribution in [-0.4, -0.2) is 20.5 Å². The van der Waals surface area contributed by atoms with Gasteiger partial charge >= 0.3 is 0 Å². The first-order valence-corrected chi connectivity index (χ1v) is 4.67. The highest BCUT2D eigenvalue weighted by atomic mass is 16.5. The second-order valence-electron chi connectivity index (χ2n) is 3.40. The normalized spacial score (nSPS) is 10.9. The summed E-state index contributed by atoms with van der Waals surface area (Å²) in [5.41, 5.74) is 3.17. The van der Waals surface area contributed by atoms with Crippen LogP contribution in [0.4, 0.5) is 5.82 Å². The number of nitrogens with zero attached hydrogens (tertiary/aromatic N) is 3. The molecule has 80 valence electrons. The Balaban J connectivity index is 2.53. The van der Waals surface area contributed by atoms with Gasteiger partial charge in [0.2, 0.25) is 5.65 Å². The molecule has 0 radical (unpaired) electrons. The van der Waals surface area contributed by atoms with Gasteiger partial charge < -0.3 is 10.2 Å². The Kier molecular flexibility index (Phi) is 2.42. The van der Waals surface area contributed by atoms with Gasteiger partial charge in [-0.2, -0.15) is 4.98 Å². The third-order valence-corrected chi connectivity index (χ3v) is 1.84. The van der Waals surface area contributed by atoms with Gasteiger partial charge in [0.15, 0.2) is 5.82 Å². The van der Waals surface area contributed by atoms with Crippen molar-refractivity contribution in [3.63, 3.8) is 0 Å². The molecule has 0 unspecified atom stereocenters. The molecule has 2 heterocycles. The Morgan fingerprint density at radius 1 is 1.53 bits per heavy atom. The monoisotopic (exact) mass is 207 g/mol. The Labute approximate surface area is 87.1 Å². The number of hydrogen-bond donors (Lipinski definition) is 2. The number of nitrogens with two attached hydrogens (primary N) is 1. The average molecular weight is 207 g/mol. The molecule has 0 aromatic carbocycles. The Morgan fingerprint density at radius 3 is 3.00 bits per heavy atom. The molecule has 0 amide bonds. The van der Waals surface area contributed by atoms with Crippen LogP contribution < -0.4 is 16.0 Å². The predicted octanol–water partition coefficient (Wildman–Crippen LogP) is 0.802. The molecule has 0 aliphatic carbocycles. The lowest BCUT2D eigenvalue weighted by atomic mass is 10.5. The lowest BCUT2D eigenvalue weighted by molar-refractivity contribution is 0.234. The first-order chi connectivity index (χ1) is 7.20. The molecule has 6 heteroatoms. The molecule has 3 N–H and O–H groups in total. The molecule has 0 bridgehead atoms. The van der Waals surface area contributed by atoms with Crippen molar-refractivity contribution < 1.29 is 4.74 Å². The number of nitrogen functional groups attached to an aromatic ring is 1. The average Bonchev–Trinajstić information content (AvgIpc) is 2.64. The van der Waals surface area contributed by atoms with Crippen LogP contribution in [0.3, 0.4) is 0 Å². The molecule has 0 saturated heterocycles. The van der Waals surface area contributed by atoms with E-state index in [-0.39, 0.29) is 6.10 Å². The number of imidazole rings is 1. The summed E-state index contributed by atoms with van der Waals surface area (Å²) >= 11 is 0. The summed E-state index contributed by atoms with van der Waals surface area (Å²) in [4.78, 5) is 8.34. The highest BCUT2D eigenvalue weighted by molar-refractivity contribution is 5.53. The fraction of sp³-hybridized carbons (Fsp3) is 0.333. The van der Waals surface area contributed by atoms with Crippen LogP contribution in [0.1, 0.15) is 13.8 Å². The van der Waals surface area contributed by atoms with E-state index in [1.54, 1.807) is 16.8 Å². The number of fused-ring (bicyclic) bond motifs is 1. The first kappa shape index (κ1) is 9.72. The minimum atomic E-state index is 0.0472. The SMILES string of the molecule is CC(C)Oc1nc(NN)cn2ccnc12. The fourth-order valence-corrected chi connectivity index (χ4v) is 1.27. The summed E-state index contributed by atoms with van der Waals surface area (Å²) in [6.07, 6.45) is 5.29. The van der Waals surface area contributed by atoms with E-state index in [1.807, 2.05) is 20.0 Å². The molecule has 2 aromatic rings. The highest BCUT2D eigenvalue weighted by Crippen LogP contribution is 2.18. The van der Waals surface area contributed by atoms with Crippen LogP contribution in [0.15, 0.2) is 18.6 Å². The summed E-state index contributed by atoms with van der Waals surface area (Å²) < 4.78 is 7.34. The molecule has 2 aromatic heterocycles. The summed E-state index contributed by atoms with van der Waals surface area (Å²) in [5, 5.41) is 0. The van der Waals surface area contributed by atoms with Crippen molar-refractivity contribution in [3.05, 3.63) is 18.6 Å². The maximum atomic E-state index is 5.54. The molecule has 15 heavy (non-hydrogen) atoms. The Hall–Kier alpha value is -1.82. The van der Waals surface area contributed by atoms with Gasteiger partial charge in [-0.05, 0) is 13.8 Å². The van der Waals surface area contributed by atoms with Crippen molar-refractivity contribution in [1.82, 2.24) is 14.4 Å². The number of ether oxygens (including phenoxy) is 1. The van der Waals surface area contributed by atoms with E-state index in [0.29, 0.717) is 17.3 Å². The van der Waals surface area contributed by atoms with Crippen LogP contribution in [0.2, 0.25) is 0 Å². The maximum absolute atomic E-state index is 5.54. The zero-order valence-corrected chi connectivity index (χ0v) is 8.64. The van der Waals surface area contributed by atoms with E-state index in [9.17, 15) is 0 Å². The molecule has 0 aliphatic heterocycles. The third-order valence-electron chi connectivity index (χ3n) is 1.84. The molecule has 0 aliphatic rings. The Morgan fingerprint density at radius 2 is 2.33 bits per heavy atom. The van der Waals surface area contributed by atoms with Crippen LogP contribution >= 0.6 is 0 Å². The highest BCUT2D eigenvalue weighted by Gasteiger charge is 2.09. The fourth-order valence-electron chi connectivity index (χ4n) is 1.27. The number of aromatic nitrogens is 3.